The van der Waals surface area contributed by atoms with Crippen LogP contribution in [0.1, 0.15) is 32.8 Å². The van der Waals surface area contributed by atoms with Crippen molar-refractivity contribution in [3.8, 4) is 0 Å². The number of aliphatic hydroxyl groups excluding tert-OH is 1. The molecule has 1 saturated heterocycles. The van der Waals surface area contributed by atoms with E-state index in [-0.39, 0.29) is 24.5 Å². The van der Waals surface area contributed by atoms with Gasteiger partial charge in [0.15, 0.2) is 0 Å². The molecule has 12 nitrogen and oxygen atoms in total. The molecule has 0 radical (unpaired) electrons. The number of thioether (sulfide) groups is 1. The van der Waals surface area contributed by atoms with E-state index in [0.717, 1.165) is 17.3 Å². The summed E-state index contributed by atoms with van der Waals surface area (Å²) in [5, 5.41) is 21.6. The van der Waals surface area contributed by atoms with Crippen LogP contribution in [0, 0.1) is 5.92 Å². The molecule has 1 aliphatic heterocycles. The second kappa shape index (κ2) is 15.1. The van der Waals surface area contributed by atoms with Crippen molar-refractivity contribution < 1.29 is 33.9 Å². The van der Waals surface area contributed by atoms with E-state index in [9.17, 15) is 33.9 Å². The lowest BCUT2D eigenvalue weighted by molar-refractivity contribution is -0.133. The van der Waals surface area contributed by atoms with Crippen LogP contribution in [0.3, 0.4) is 0 Å². The lowest BCUT2D eigenvalue weighted by Crippen LogP contribution is -2.58. The number of carbonyl (C=O) groups is 6. The van der Waals surface area contributed by atoms with Crippen molar-refractivity contribution in [2.24, 2.45) is 5.92 Å². The lowest BCUT2D eigenvalue weighted by Gasteiger charge is -2.26. The number of aliphatic hydroxyl groups is 1. The highest BCUT2D eigenvalue weighted by Gasteiger charge is 2.31. The minimum atomic E-state index is -1.40. The molecule has 1 fully saturated rings. The first-order chi connectivity index (χ1) is 18.0. The van der Waals surface area contributed by atoms with Crippen LogP contribution in [0.4, 0.5) is 0 Å². The summed E-state index contributed by atoms with van der Waals surface area (Å²) >= 11 is 0.741. The van der Waals surface area contributed by atoms with E-state index in [2.05, 4.69) is 26.6 Å². The number of rotatable bonds is 6. The van der Waals surface area contributed by atoms with Gasteiger partial charge in [-0.25, -0.2) is 0 Å². The smallest absolute Gasteiger partial charge is 0.245 e. The number of hydrogen-bond acceptors (Lipinski definition) is 8. The topological polar surface area (TPSA) is 183 Å². The molecule has 0 aliphatic carbocycles. The second-order valence-electron chi connectivity index (χ2n) is 9.35. The minimum absolute atomic E-state index is 0.0243. The molecule has 13 heteroatoms. The molecule has 2 rings (SSSR count). The summed E-state index contributed by atoms with van der Waals surface area (Å²) in [5.74, 6) is -3.56. The third kappa shape index (κ3) is 10.1. The molecule has 0 saturated carbocycles. The van der Waals surface area contributed by atoms with Crippen molar-refractivity contribution in [2.75, 3.05) is 18.9 Å². The van der Waals surface area contributed by atoms with Crippen LogP contribution in [0.2, 0.25) is 0 Å². The zero-order valence-electron chi connectivity index (χ0n) is 21.6. The van der Waals surface area contributed by atoms with Gasteiger partial charge in [0.2, 0.25) is 34.7 Å². The van der Waals surface area contributed by atoms with E-state index < -0.39 is 72.0 Å². The van der Waals surface area contributed by atoms with Crippen LogP contribution >= 0.6 is 11.8 Å². The quantitative estimate of drug-likeness (QED) is 0.251. The van der Waals surface area contributed by atoms with Gasteiger partial charge in [0.1, 0.15) is 24.2 Å². The summed E-state index contributed by atoms with van der Waals surface area (Å²) in [7, 11) is 0. The van der Waals surface area contributed by atoms with Gasteiger partial charge in [0.25, 0.3) is 0 Å². The zero-order valence-corrected chi connectivity index (χ0v) is 22.4. The SMILES string of the molecule is CC(=O)N[C@H]1CSC(=O)[C@H](Cc2ccccc2)NC(=O)[C@H](CC(C)C)NC(=O)CNC(=O)[C@H](CO)NC1=O. The van der Waals surface area contributed by atoms with E-state index in [1.54, 1.807) is 12.1 Å². The Morgan fingerprint density at radius 1 is 0.974 bits per heavy atom. The molecule has 0 spiro atoms. The largest absolute Gasteiger partial charge is 0.394 e. The Labute approximate surface area is 225 Å². The first-order valence-electron chi connectivity index (χ1n) is 12.3. The molecule has 0 aromatic heterocycles. The molecule has 1 heterocycles. The fourth-order valence-electron chi connectivity index (χ4n) is 3.72. The van der Waals surface area contributed by atoms with Crippen LogP contribution in [0.5, 0.6) is 0 Å². The number of amides is 5. The molecule has 1 aromatic carbocycles. The fraction of sp³-hybridized carbons (Fsp3) is 0.520. The summed E-state index contributed by atoms with van der Waals surface area (Å²) in [6.07, 6.45) is 0.450. The number of hydrogen-bond donors (Lipinski definition) is 6. The Bertz CT molecular complexity index is 1020. The maximum absolute atomic E-state index is 13.3. The fourth-order valence-corrected chi connectivity index (χ4v) is 4.62. The highest BCUT2D eigenvalue weighted by Crippen LogP contribution is 2.15. The van der Waals surface area contributed by atoms with E-state index in [1.165, 1.54) is 6.92 Å². The van der Waals surface area contributed by atoms with Gasteiger partial charge in [-0.05, 0) is 17.9 Å². The summed E-state index contributed by atoms with van der Waals surface area (Å²) in [5.41, 5.74) is 0.787. The first-order valence-corrected chi connectivity index (χ1v) is 13.2. The van der Waals surface area contributed by atoms with Gasteiger partial charge in [-0.3, -0.25) is 28.8 Å². The molecule has 4 atom stereocenters. The van der Waals surface area contributed by atoms with Gasteiger partial charge < -0.3 is 31.7 Å². The Morgan fingerprint density at radius 2 is 1.63 bits per heavy atom. The normalized spacial score (nSPS) is 24.2. The van der Waals surface area contributed by atoms with Crippen molar-refractivity contribution in [1.82, 2.24) is 26.6 Å². The van der Waals surface area contributed by atoms with E-state index in [1.807, 2.05) is 32.0 Å². The van der Waals surface area contributed by atoms with Crippen LogP contribution in [-0.2, 0) is 35.2 Å². The molecular weight excluding hydrogens is 514 g/mol. The molecular formula is C25H35N5O7S. The Kier molecular flexibility index (Phi) is 12.2. The zero-order chi connectivity index (χ0) is 28.2. The van der Waals surface area contributed by atoms with Gasteiger partial charge in [-0.2, -0.15) is 0 Å². The van der Waals surface area contributed by atoms with Crippen molar-refractivity contribution in [2.45, 2.75) is 57.8 Å². The van der Waals surface area contributed by atoms with Crippen LogP contribution in [0.15, 0.2) is 30.3 Å². The highest BCUT2D eigenvalue weighted by molar-refractivity contribution is 8.13. The Balaban J connectivity index is 2.39. The van der Waals surface area contributed by atoms with Gasteiger partial charge in [0.05, 0.1) is 13.2 Å². The molecule has 6 N–H and O–H groups in total. The molecule has 1 aliphatic rings. The van der Waals surface area contributed by atoms with Gasteiger partial charge in [-0.15, -0.1) is 0 Å². The third-order valence-corrected chi connectivity index (χ3v) is 6.64. The summed E-state index contributed by atoms with van der Waals surface area (Å²) in [6.45, 7) is 3.67. The molecule has 5 amide bonds. The maximum atomic E-state index is 13.3. The predicted octanol–water partition coefficient (Wildman–Crippen LogP) is -1.38. The average molecular weight is 550 g/mol. The molecule has 0 bridgehead atoms. The lowest BCUT2D eigenvalue weighted by atomic mass is 10.0. The standard InChI is InChI=1S/C25H35N5O7S/c1-14(2)9-17-23(35)29-18(10-16-7-5-4-6-8-16)25(37)38-13-20(27-15(3)32)24(36)30-19(12-31)22(34)26-11-21(33)28-17/h4-8,14,17-20,31H,9-13H2,1-3H3,(H,26,34)(H,27,32)(H,28,33)(H,29,35)(H,30,36)/t17-,18-,19-,20-/m0/s1. The Hall–Kier alpha value is -3.45. The third-order valence-electron chi connectivity index (χ3n) is 5.57. The maximum Gasteiger partial charge on any atom is 0.245 e. The average Bonchev–Trinajstić information content (AvgIpc) is 2.86. The molecule has 208 valence electrons. The van der Waals surface area contributed by atoms with E-state index in [0.29, 0.717) is 0 Å². The van der Waals surface area contributed by atoms with Gasteiger partial charge in [-0.1, -0.05) is 55.9 Å². The summed E-state index contributed by atoms with van der Waals surface area (Å²) in [6, 6.07) is 4.47. The number of nitrogens with one attached hydrogen (secondary N) is 5. The van der Waals surface area contributed by atoms with Crippen molar-refractivity contribution in [3.05, 3.63) is 35.9 Å². The van der Waals surface area contributed by atoms with Crippen molar-refractivity contribution in [3.63, 3.8) is 0 Å². The molecule has 1 aromatic rings. The Morgan fingerprint density at radius 3 is 2.24 bits per heavy atom. The van der Waals surface area contributed by atoms with E-state index in [4.69, 9.17) is 0 Å². The van der Waals surface area contributed by atoms with Crippen LogP contribution in [-0.4, -0.2) is 82.8 Å². The number of carbonyl (C=O) groups excluding carboxylic acids is 6. The van der Waals surface area contributed by atoms with Crippen molar-refractivity contribution in [1.29, 1.82) is 0 Å². The van der Waals surface area contributed by atoms with E-state index >= 15 is 0 Å². The molecule has 0 unspecified atom stereocenters. The second-order valence-corrected chi connectivity index (χ2v) is 10.4. The summed E-state index contributed by atoms with van der Waals surface area (Å²) in [4.78, 5) is 76.0. The predicted molar refractivity (Wildman–Crippen MR) is 141 cm³/mol. The van der Waals surface area contributed by atoms with Gasteiger partial charge in [0, 0.05) is 19.1 Å². The minimum Gasteiger partial charge on any atom is -0.394 e. The van der Waals surface area contributed by atoms with Crippen LogP contribution in [0.25, 0.3) is 0 Å². The van der Waals surface area contributed by atoms with Crippen molar-refractivity contribution >= 4 is 46.4 Å². The number of benzene rings is 1. The molecule has 38 heavy (non-hydrogen) atoms. The summed E-state index contributed by atoms with van der Waals surface area (Å²) < 4.78 is 0. The monoisotopic (exact) mass is 549 g/mol. The highest BCUT2D eigenvalue weighted by atomic mass is 32.2. The van der Waals surface area contributed by atoms with Gasteiger partial charge >= 0.3 is 0 Å². The van der Waals surface area contributed by atoms with Crippen LogP contribution < -0.4 is 26.6 Å². The first kappa shape index (κ1) is 30.8.